The van der Waals surface area contributed by atoms with E-state index in [1.165, 1.54) is 14.1 Å². The van der Waals surface area contributed by atoms with E-state index < -0.39 is 75.8 Å². The number of likely N-dealkylation sites (N-methyl/N-ethyl adjacent to an activating group) is 1. The molecular weight excluding hydrogens is 576 g/mol. The predicted octanol–water partition coefficient (Wildman–Crippen LogP) is 5.45. The first kappa shape index (κ1) is 35.9. The average Bonchev–Trinajstić information content (AvgIpc) is 2.69. The van der Waals surface area contributed by atoms with Gasteiger partial charge in [-0.1, -0.05) is 6.92 Å². The van der Waals surface area contributed by atoms with Crippen LogP contribution in [0.2, 0.25) is 0 Å². The maximum Gasteiger partial charge on any atom is 0.413 e. The topological polar surface area (TPSA) is 54.4 Å². The van der Waals surface area contributed by atoms with Gasteiger partial charge in [0.15, 0.2) is 0 Å². The summed E-state index contributed by atoms with van der Waals surface area (Å²) in [6.45, 7) is 0.419. The van der Waals surface area contributed by atoms with E-state index >= 15 is 0 Å². The smallest absolute Gasteiger partial charge is 0.387 e. The minimum absolute atomic E-state index is 0.0583. The molecule has 224 valence electrons. The molecule has 4 nitrogen and oxygen atoms in total. The van der Waals surface area contributed by atoms with Crippen molar-refractivity contribution in [2.75, 3.05) is 32.9 Å². The average molecular weight is 602 g/mol. The molecule has 37 heavy (non-hydrogen) atoms. The summed E-state index contributed by atoms with van der Waals surface area (Å²) >= 11 is 0. The molecule has 0 aromatic carbocycles. The highest BCUT2D eigenvalue weighted by Crippen LogP contribution is 2.62. The Hall–Kier alpha value is -1.11. The number of alkyl halides is 14. The molecule has 1 N–H and O–H groups in total. The second kappa shape index (κ2) is 10.5. The number of rotatable bonds is 15. The number of sulfone groups is 1. The van der Waals surface area contributed by atoms with E-state index in [4.69, 9.17) is 0 Å². The molecule has 0 aliphatic heterocycles. The SMILES string of the molecule is CCC(O)C[N+](C)(C)CCCCS(=O)(=O)C(F)(F)C(F)(F)C(F)(F)C(F)(F)C(F)(F)C(F)(F)C(C)(F)F. The molecular formula is C18H26F14NO3S+. The number of aliphatic hydroxyl groups excluding tert-OH is 1. The zero-order chi connectivity index (χ0) is 30.3. The summed E-state index contributed by atoms with van der Waals surface area (Å²) in [4.78, 5) is 0. The van der Waals surface area contributed by atoms with E-state index in [1.54, 1.807) is 6.92 Å². The van der Waals surface area contributed by atoms with Crippen molar-refractivity contribution < 1.29 is 79.5 Å². The first-order valence-corrected chi connectivity index (χ1v) is 11.9. The van der Waals surface area contributed by atoms with Gasteiger partial charge < -0.3 is 9.59 Å². The van der Waals surface area contributed by atoms with E-state index in [-0.39, 0.29) is 30.4 Å². The maximum absolute atomic E-state index is 14.0. The molecule has 0 spiro atoms. The number of aliphatic hydroxyl groups is 1. The second-order valence-electron chi connectivity index (χ2n) is 9.21. The fourth-order valence-corrected chi connectivity index (χ4v) is 4.36. The first-order valence-electron chi connectivity index (χ1n) is 10.3. The number of nitrogens with zero attached hydrogens (tertiary/aromatic N) is 1. The van der Waals surface area contributed by atoms with Gasteiger partial charge in [0.25, 0.3) is 0 Å². The molecule has 0 amide bonds. The van der Waals surface area contributed by atoms with E-state index in [2.05, 4.69) is 0 Å². The van der Waals surface area contributed by atoms with Gasteiger partial charge in [-0.25, -0.2) is 8.42 Å². The van der Waals surface area contributed by atoms with Gasteiger partial charge in [-0.2, -0.15) is 61.5 Å². The van der Waals surface area contributed by atoms with Crippen molar-refractivity contribution in [1.29, 1.82) is 0 Å². The van der Waals surface area contributed by atoms with Crippen molar-refractivity contribution in [1.82, 2.24) is 0 Å². The summed E-state index contributed by atoms with van der Waals surface area (Å²) < 4.78 is 213. The molecule has 0 bridgehead atoms. The molecule has 0 saturated carbocycles. The number of unbranched alkanes of at least 4 members (excludes halogenated alkanes) is 1. The van der Waals surface area contributed by atoms with Crippen molar-refractivity contribution in [2.45, 2.75) is 80.0 Å². The molecule has 1 atom stereocenters. The number of halogens is 14. The van der Waals surface area contributed by atoms with Gasteiger partial charge >= 0.3 is 40.8 Å². The molecule has 0 aliphatic rings. The number of hydrogen-bond acceptors (Lipinski definition) is 3. The zero-order valence-electron chi connectivity index (χ0n) is 19.7. The molecule has 0 fully saturated rings. The number of quaternary nitrogens is 1. The van der Waals surface area contributed by atoms with Crippen molar-refractivity contribution in [3.05, 3.63) is 0 Å². The standard InChI is InChI=1S/C18H26F14NO3S/c1-5-11(34)10-33(3,4)8-6-7-9-37(35,36)18(31,32)17(29,30)16(27,28)15(25,26)14(23,24)13(21,22)12(2,19)20/h11,34H,5-10H2,1-4H3/q+1. The van der Waals surface area contributed by atoms with Gasteiger partial charge in [0.1, 0.15) is 12.6 Å². The largest absolute Gasteiger partial charge is 0.413 e. The van der Waals surface area contributed by atoms with Crippen LogP contribution in [0.15, 0.2) is 0 Å². The van der Waals surface area contributed by atoms with Gasteiger partial charge in [-0.15, -0.1) is 0 Å². The Morgan fingerprint density at radius 2 is 1.08 bits per heavy atom. The van der Waals surface area contributed by atoms with Crippen LogP contribution < -0.4 is 0 Å². The molecule has 0 rings (SSSR count). The van der Waals surface area contributed by atoms with Crippen LogP contribution in [0.3, 0.4) is 0 Å². The quantitative estimate of drug-likeness (QED) is 0.154. The minimum atomic E-state index is -8.30. The Bertz CT molecular complexity index is 885. The number of hydrogen-bond donors (Lipinski definition) is 1. The fraction of sp³-hybridized carbons (Fsp3) is 1.00. The molecule has 19 heteroatoms. The Balaban J connectivity index is 6.07. The zero-order valence-corrected chi connectivity index (χ0v) is 20.5. The van der Waals surface area contributed by atoms with Gasteiger partial charge in [-0.05, 0) is 19.3 Å². The predicted molar refractivity (Wildman–Crippen MR) is 101 cm³/mol. The summed E-state index contributed by atoms with van der Waals surface area (Å²) in [5, 5.41) is 2.37. The van der Waals surface area contributed by atoms with Crippen LogP contribution in [0.5, 0.6) is 0 Å². The summed E-state index contributed by atoms with van der Waals surface area (Å²) in [6, 6.07) is 0. The van der Waals surface area contributed by atoms with Crippen molar-refractivity contribution >= 4 is 9.84 Å². The first-order chi connectivity index (χ1) is 15.9. The summed E-state index contributed by atoms with van der Waals surface area (Å²) in [6.07, 6.45) is -1.90. The van der Waals surface area contributed by atoms with Crippen LogP contribution >= 0.6 is 0 Å². The van der Waals surface area contributed by atoms with Gasteiger partial charge in [0.2, 0.25) is 9.84 Å². The van der Waals surface area contributed by atoms with E-state index in [0.717, 1.165) is 0 Å². The van der Waals surface area contributed by atoms with Crippen LogP contribution in [-0.2, 0) is 9.84 Å². The van der Waals surface area contributed by atoms with E-state index in [0.29, 0.717) is 0 Å². The summed E-state index contributed by atoms with van der Waals surface area (Å²) in [7, 11) is -3.89. The lowest BCUT2D eigenvalue weighted by atomic mass is 9.92. The molecule has 0 aromatic rings. The fourth-order valence-electron chi connectivity index (χ4n) is 3.00. The third-order valence-electron chi connectivity index (χ3n) is 5.49. The normalized spacial score (nSPS) is 16.7. The Labute approximate surface area is 203 Å². The second-order valence-corrected chi connectivity index (χ2v) is 11.4. The van der Waals surface area contributed by atoms with Crippen LogP contribution in [0.1, 0.15) is 33.1 Å². The van der Waals surface area contributed by atoms with E-state index in [9.17, 15) is 75.0 Å². The molecule has 0 radical (unpaired) electrons. The Morgan fingerprint density at radius 3 is 1.46 bits per heavy atom. The minimum Gasteiger partial charge on any atom is -0.387 e. The maximum atomic E-state index is 14.0. The third-order valence-corrected chi connectivity index (χ3v) is 7.35. The highest BCUT2D eigenvalue weighted by Gasteiger charge is 2.93. The highest BCUT2D eigenvalue weighted by atomic mass is 32.2. The Morgan fingerprint density at radius 1 is 0.703 bits per heavy atom. The van der Waals surface area contributed by atoms with Gasteiger partial charge in [-0.3, -0.25) is 0 Å². The van der Waals surface area contributed by atoms with Crippen molar-refractivity contribution in [3.8, 4) is 0 Å². The molecule has 0 heterocycles. The molecule has 0 aliphatic carbocycles. The van der Waals surface area contributed by atoms with Crippen LogP contribution in [0.25, 0.3) is 0 Å². The lowest BCUT2D eigenvalue weighted by Crippen LogP contribution is -2.73. The molecule has 1 unspecified atom stereocenters. The monoisotopic (exact) mass is 602 g/mol. The van der Waals surface area contributed by atoms with Crippen LogP contribution in [-0.4, -0.2) is 97.8 Å². The summed E-state index contributed by atoms with van der Waals surface area (Å²) in [5.41, 5.74) is 0. The molecule has 0 aromatic heterocycles. The summed E-state index contributed by atoms with van der Waals surface area (Å²) in [5.74, 6) is -48.4. The highest BCUT2D eigenvalue weighted by molar-refractivity contribution is 7.92. The van der Waals surface area contributed by atoms with Crippen LogP contribution in [0, 0.1) is 0 Å². The van der Waals surface area contributed by atoms with Crippen molar-refractivity contribution in [2.24, 2.45) is 0 Å². The van der Waals surface area contributed by atoms with Crippen molar-refractivity contribution in [3.63, 3.8) is 0 Å². The van der Waals surface area contributed by atoms with E-state index in [1.807, 2.05) is 0 Å². The van der Waals surface area contributed by atoms with Gasteiger partial charge in [0, 0.05) is 6.92 Å². The van der Waals surface area contributed by atoms with Gasteiger partial charge in [0.05, 0.1) is 26.4 Å². The molecule has 0 saturated heterocycles. The van der Waals surface area contributed by atoms with Crippen LogP contribution in [0.4, 0.5) is 61.5 Å². The lowest BCUT2D eigenvalue weighted by molar-refractivity contribution is -0.893. The Kier molecular flexibility index (Phi) is 10.1. The third kappa shape index (κ3) is 6.22. The lowest BCUT2D eigenvalue weighted by Gasteiger charge is -2.42.